The number of ether oxygens (including phenoxy) is 1. The lowest BCUT2D eigenvalue weighted by molar-refractivity contribution is 0.0124. The lowest BCUT2D eigenvalue weighted by atomic mass is 10.0. The number of nitrogens with one attached hydrogen (secondary N) is 1. The van der Waals surface area contributed by atoms with Gasteiger partial charge in [-0.05, 0) is 46.2 Å². The first-order valence-electron chi connectivity index (χ1n) is 6.81. The third kappa shape index (κ3) is 4.04. The predicted octanol–water partition coefficient (Wildman–Crippen LogP) is 1.63. The summed E-state index contributed by atoms with van der Waals surface area (Å²) in [7, 11) is 2.22. The van der Waals surface area contributed by atoms with Crippen LogP contribution in [-0.2, 0) is 4.74 Å². The van der Waals surface area contributed by atoms with Crippen LogP contribution in [0, 0.1) is 0 Å². The van der Waals surface area contributed by atoms with E-state index in [2.05, 4.69) is 24.2 Å². The summed E-state index contributed by atoms with van der Waals surface area (Å²) < 4.78 is 5.93. The zero-order valence-electron chi connectivity index (χ0n) is 10.7. The van der Waals surface area contributed by atoms with Gasteiger partial charge in [-0.15, -0.1) is 0 Å². The molecule has 94 valence electrons. The van der Waals surface area contributed by atoms with Crippen LogP contribution in [0.2, 0.25) is 0 Å². The second-order valence-corrected chi connectivity index (χ2v) is 5.46. The van der Waals surface area contributed by atoms with Gasteiger partial charge in [0, 0.05) is 18.6 Å². The molecular weight excluding hydrogens is 200 g/mol. The van der Waals surface area contributed by atoms with Gasteiger partial charge in [-0.2, -0.15) is 0 Å². The van der Waals surface area contributed by atoms with E-state index in [9.17, 15) is 0 Å². The Morgan fingerprint density at radius 1 is 1.31 bits per heavy atom. The molecule has 0 bridgehead atoms. The summed E-state index contributed by atoms with van der Waals surface area (Å²) in [5.41, 5.74) is 0. The van der Waals surface area contributed by atoms with E-state index in [1.165, 1.54) is 38.6 Å². The minimum absolute atomic E-state index is 0.357. The standard InChI is InChI=1S/C13H26N2O/c1-11(9-14-12-6-7-12)16-10-13-5-3-4-8-15(13)2/h11-14H,3-10H2,1-2H3. The highest BCUT2D eigenvalue weighted by Gasteiger charge is 2.22. The van der Waals surface area contributed by atoms with Crippen molar-refractivity contribution >= 4 is 0 Å². The van der Waals surface area contributed by atoms with Gasteiger partial charge in [0.15, 0.2) is 0 Å². The van der Waals surface area contributed by atoms with Gasteiger partial charge >= 0.3 is 0 Å². The normalized spacial score (nSPS) is 29.2. The van der Waals surface area contributed by atoms with Crippen LogP contribution in [0.3, 0.4) is 0 Å². The van der Waals surface area contributed by atoms with Gasteiger partial charge in [0.2, 0.25) is 0 Å². The van der Waals surface area contributed by atoms with Crippen molar-refractivity contribution in [3.8, 4) is 0 Å². The van der Waals surface area contributed by atoms with Crippen LogP contribution in [0.1, 0.15) is 39.0 Å². The first-order valence-corrected chi connectivity index (χ1v) is 6.81. The first-order chi connectivity index (χ1) is 7.75. The Bertz CT molecular complexity index is 206. The molecule has 16 heavy (non-hydrogen) atoms. The third-order valence-corrected chi connectivity index (χ3v) is 3.77. The Hall–Kier alpha value is -0.120. The molecule has 1 saturated carbocycles. The van der Waals surface area contributed by atoms with Gasteiger partial charge in [-0.3, -0.25) is 0 Å². The number of piperidine rings is 1. The van der Waals surface area contributed by atoms with E-state index < -0.39 is 0 Å². The van der Waals surface area contributed by atoms with E-state index in [1.807, 2.05) is 0 Å². The van der Waals surface area contributed by atoms with Crippen molar-refractivity contribution in [2.45, 2.75) is 57.2 Å². The highest BCUT2D eigenvalue weighted by Crippen LogP contribution is 2.19. The molecule has 1 heterocycles. The summed E-state index contributed by atoms with van der Waals surface area (Å²) in [6.45, 7) is 5.34. The van der Waals surface area contributed by atoms with Gasteiger partial charge in [-0.1, -0.05) is 6.42 Å². The van der Waals surface area contributed by atoms with E-state index in [-0.39, 0.29) is 0 Å². The average Bonchev–Trinajstić information content (AvgIpc) is 3.09. The van der Waals surface area contributed by atoms with Crippen LogP contribution in [0.4, 0.5) is 0 Å². The van der Waals surface area contributed by atoms with Crippen molar-refractivity contribution < 1.29 is 4.74 Å². The lowest BCUT2D eigenvalue weighted by Gasteiger charge is -2.33. The molecule has 1 aliphatic heterocycles. The smallest absolute Gasteiger partial charge is 0.0672 e. The van der Waals surface area contributed by atoms with E-state index in [0.29, 0.717) is 12.1 Å². The molecule has 2 fully saturated rings. The van der Waals surface area contributed by atoms with E-state index in [0.717, 1.165) is 19.2 Å². The largest absolute Gasteiger partial charge is 0.376 e. The van der Waals surface area contributed by atoms with Crippen molar-refractivity contribution in [1.82, 2.24) is 10.2 Å². The summed E-state index contributed by atoms with van der Waals surface area (Å²) >= 11 is 0. The Labute approximate surface area is 99.5 Å². The van der Waals surface area contributed by atoms with E-state index in [4.69, 9.17) is 4.74 Å². The number of nitrogens with zero attached hydrogens (tertiary/aromatic N) is 1. The molecule has 3 nitrogen and oxygen atoms in total. The molecule has 2 aliphatic rings. The predicted molar refractivity (Wildman–Crippen MR) is 66.7 cm³/mol. The van der Waals surface area contributed by atoms with Crippen molar-refractivity contribution in [2.75, 3.05) is 26.7 Å². The fraction of sp³-hybridized carbons (Fsp3) is 1.00. The van der Waals surface area contributed by atoms with E-state index in [1.54, 1.807) is 0 Å². The SMILES string of the molecule is CC(CNC1CC1)OCC1CCCCN1C. The third-order valence-electron chi connectivity index (χ3n) is 3.77. The minimum Gasteiger partial charge on any atom is -0.376 e. The van der Waals surface area contributed by atoms with Crippen LogP contribution >= 0.6 is 0 Å². The number of hydrogen-bond donors (Lipinski definition) is 1. The highest BCUT2D eigenvalue weighted by atomic mass is 16.5. The monoisotopic (exact) mass is 226 g/mol. The Balaban J connectivity index is 1.57. The molecule has 2 atom stereocenters. The average molecular weight is 226 g/mol. The number of rotatable bonds is 6. The summed E-state index contributed by atoms with van der Waals surface area (Å²) in [5.74, 6) is 0. The second-order valence-electron chi connectivity index (χ2n) is 5.46. The van der Waals surface area contributed by atoms with Gasteiger partial charge in [-0.25, -0.2) is 0 Å². The van der Waals surface area contributed by atoms with Crippen LogP contribution < -0.4 is 5.32 Å². The molecule has 2 rings (SSSR count). The molecule has 1 N–H and O–H groups in total. The Morgan fingerprint density at radius 2 is 2.12 bits per heavy atom. The maximum atomic E-state index is 5.93. The fourth-order valence-electron chi connectivity index (χ4n) is 2.31. The number of likely N-dealkylation sites (tertiary alicyclic amines) is 1. The number of hydrogen-bond acceptors (Lipinski definition) is 3. The molecular formula is C13H26N2O. The highest BCUT2D eigenvalue weighted by molar-refractivity contribution is 4.81. The Kier molecular flexibility index (Phi) is 4.62. The molecule has 0 radical (unpaired) electrons. The minimum atomic E-state index is 0.357. The van der Waals surface area contributed by atoms with Crippen molar-refractivity contribution in [3.63, 3.8) is 0 Å². The molecule has 1 aliphatic carbocycles. The van der Waals surface area contributed by atoms with Gasteiger partial charge in [0.25, 0.3) is 0 Å². The Morgan fingerprint density at radius 3 is 2.81 bits per heavy atom. The van der Waals surface area contributed by atoms with Gasteiger partial charge < -0.3 is 15.0 Å². The lowest BCUT2D eigenvalue weighted by Crippen LogP contribution is -2.41. The van der Waals surface area contributed by atoms with Crippen molar-refractivity contribution in [3.05, 3.63) is 0 Å². The molecule has 0 aromatic rings. The zero-order valence-corrected chi connectivity index (χ0v) is 10.7. The molecule has 2 unspecified atom stereocenters. The maximum Gasteiger partial charge on any atom is 0.0672 e. The molecule has 0 aromatic carbocycles. The molecule has 0 aromatic heterocycles. The quantitative estimate of drug-likeness (QED) is 0.745. The van der Waals surface area contributed by atoms with E-state index >= 15 is 0 Å². The van der Waals surface area contributed by atoms with Gasteiger partial charge in [0.1, 0.15) is 0 Å². The summed E-state index contributed by atoms with van der Waals surface area (Å²) in [6.07, 6.45) is 7.10. The zero-order chi connectivity index (χ0) is 11.4. The summed E-state index contributed by atoms with van der Waals surface area (Å²) in [5, 5.41) is 3.52. The number of likely N-dealkylation sites (N-methyl/N-ethyl adjacent to an activating group) is 1. The fourth-order valence-corrected chi connectivity index (χ4v) is 2.31. The van der Waals surface area contributed by atoms with Crippen LogP contribution in [0.25, 0.3) is 0 Å². The van der Waals surface area contributed by atoms with Crippen LogP contribution in [0.5, 0.6) is 0 Å². The van der Waals surface area contributed by atoms with Gasteiger partial charge in [0.05, 0.1) is 12.7 Å². The molecule has 1 saturated heterocycles. The van der Waals surface area contributed by atoms with Crippen LogP contribution in [-0.4, -0.2) is 49.8 Å². The second kappa shape index (κ2) is 5.99. The maximum absolute atomic E-state index is 5.93. The molecule has 3 heteroatoms. The van der Waals surface area contributed by atoms with Crippen LogP contribution in [0.15, 0.2) is 0 Å². The van der Waals surface area contributed by atoms with Crippen molar-refractivity contribution in [2.24, 2.45) is 0 Å². The molecule has 0 amide bonds. The van der Waals surface area contributed by atoms with Crippen molar-refractivity contribution in [1.29, 1.82) is 0 Å². The summed E-state index contributed by atoms with van der Waals surface area (Å²) in [4.78, 5) is 2.45. The summed E-state index contributed by atoms with van der Waals surface area (Å²) in [6, 6.07) is 1.44. The first kappa shape index (κ1) is 12.3. The molecule has 0 spiro atoms. The topological polar surface area (TPSA) is 24.5 Å².